The van der Waals surface area contributed by atoms with Crippen LogP contribution >= 0.6 is 0 Å². The fourth-order valence-electron chi connectivity index (χ4n) is 2.39. The number of piperazine rings is 1. The van der Waals surface area contributed by atoms with Gasteiger partial charge in [0.15, 0.2) is 0 Å². The van der Waals surface area contributed by atoms with Crippen LogP contribution in [-0.2, 0) is 0 Å². The number of hydrazine groups is 1. The SMILES string of the molecule is CC(C)N1CC2CCC(C1)N2N. The lowest BCUT2D eigenvalue weighted by atomic mass is 10.2. The Hall–Kier alpha value is -0.120. The molecule has 0 spiro atoms. The van der Waals surface area contributed by atoms with E-state index in [1.165, 1.54) is 25.9 Å². The third kappa shape index (κ3) is 1.26. The first-order valence-electron chi connectivity index (χ1n) is 4.95. The number of rotatable bonds is 1. The van der Waals surface area contributed by atoms with Crippen molar-refractivity contribution in [3.8, 4) is 0 Å². The molecular formula is C9H19N3. The largest absolute Gasteiger partial charge is 0.298 e. The van der Waals surface area contributed by atoms with E-state index in [1.807, 2.05) is 0 Å². The van der Waals surface area contributed by atoms with Gasteiger partial charge in [0.25, 0.3) is 0 Å². The molecule has 0 aliphatic carbocycles. The Balaban J connectivity index is 2.02. The van der Waals surface area contributed by atoms with Crippen molar-refractivity contribution < 1.29 is 0 Å². The molecule has 3 nitrogen and oxygen atoms in total. The summed E-state index contributed by atoms with van der Waals surface area (Å²) in [6, 6.07) is 1.94. The maximum atomic E-state index is 5.95. The molecule has 0 aromatic heterocycles. The highest BCUT2D eigenvalue weighted by atomic mass is 15.5. The van der Waals surface area contributed by atoms with E-state index >= 15 is 0 Å². The summed E-state index contributed by atoms with van der Waals surface area (Å²) in [7, 11) is 0. The van der Waals surface area contributed by atoms with Gasteiger partial charge in [0, 0.05) is 31.2 Å². The van der Waals surface area contributed by atoms with Gasteiger partial charge in [-0.05, 0) is 26.7 Å². The van der Waals surface area contributed by atoms with Crippen molar-refractivity contribution in [3.05, 3.63) is 0 Å². The number of fused-ring (bicyclic) bond motifs is 2. The van der Waals surface area contributed by atoms with Crippen LogP contribution in [0.4, 0.5) is 0 Å². The lowest BCUT2D eigenvalue weighted by molar-refractivity contribution is 0.0495. The van der Waals surface area contributed by atoms with Gasteiger partial charge in [0.05, 0.1) is 0 Å². The summed E-state index contributed by atoms with van der Waals surface area (Å²) in [5, 5.41) is 2.08. The molecule has 0 amide bonds. The van der Waals surface area contributed by atoms with Gasteiger partial charge in [0.2, 0.25) is 0 Å². The van der Waals surface area contributed by atoms with Gasteiger partial charge in [-0.3, -0.25) is 10.7 Å². The van der Waals surface area contributed by atoms with E-state index in [4.69, 9.17) is 5.84 Å². The van der Waals surface area contributed by atoms with Gasteiger partial charge in [0.1, 0.15) is 0 Å². The summed E-state index contributed by atoms with van der Waals surface area (Å²) in [6.45, 7) is 6.88. The molecule has 0 aromatic rings. The van der Waals surface area contributed by atoms with E-state index < -0.39 is 0 Å². The van der Waals surface area contributed by atoms with Crippen molar-refractivity contribution in [2.24, 2.45) is 5.84 Å². The van der Waals surface area contributed by atoms with Crippen molar-refractivity contribution in [2.75, 3.05) is 13.1 Å². The van der Waals surface area contributed by atoms with Crippen molar-refractivity contribution in [1.82, 2.24) is 9.91 Å². The van der Waals surface area contributed by atoms with Crippen molar-refractivity contribution >= 4 is 0 Å². The van der Waals surface area contributed by atoms with E-state index in [1.54, 1.807) is 0 Å². The summed E-state index contributed by atoms with van der Waals surface area (Å²) in [6.07, 6.45) is 2.59. The highest BCUT2D eigenvalue weighted by molar-refractivity contribution is 4.93. The minimum atomic E-state index is 0.631. The fourth-order valence-corrected chi connectivity index (χ4v) is 2.39. The quantitative estimate of drug-likeness (QED) is 0.577. The normalized spacial score (nSPS) is 38.0. The average Bonchev–Trinajstić information content (AvgIpc) is 2.30. The van der Waals surface area contributed by atoms with Crippen LogP contribution in [0.2, 0.25) is 0 Å². The van der Waals surface area contributed by atoms with Crippen LogP contribution in [0.1, 0.15) is 26.7 Å². The maximum Gasteiger partial charge on any atom is 0.0372 e. The highest BCUT2D eigenvalue weighted by Gasteiger charge is 2.38. The number of hydrogen-bond acceptors (Lipinski definition) is 3. The zero-order chi connectivity index (χ0) is 8.72. The second-order valence-corrected chi connectivity index (χ2v) is 4.38. The Kier molecular flexibility index (Phi) is 2.10. The lowest BCUT2D eigenvalue weighted by Crippen LogP contribution is -2.57. The molecule has 2 aliphatic rings. The molecular weight excluding hydrogens is 150 g/mol. The molecule has 2 unspecified atom stereocenters. The summed E-state index contributed by atoms with van der Waals surface area (Å²) in [4.78, 5) is 2.55. The van der Waals surface area contributed by atoms with Crippen molar-refractivity contribution in [1.29, 1.82) is 0 Å². The summed E-state index contributed by atoms with van der Waals surface area (Å²) in [5.41, 5.74) is 0. The van der Waals surface area contributed by atoms with Gasteiger partial charge >= 0.3 is 0 Å². The van der Waals surface area contributed by atoms with Crippen LogP contribution in [0.25, 0.3) is 0 Å². The number of nitrogens with two attached hydrogens (primary N) is 1. The molecule has 3 heteroatoms. The van der Waals surface area contributed by atoms with Gasteiger partial charge < -0.3 is 0 Å². The monoisotopic (exact) mass is 169 g/mol. The smallest absolute Gasteiger partial charge is 0.0372 e. The predicted molar refractivity (Wildman–Crippen MR) is 49.5 cm³/mol. The Morgan fingerprint density at radius 2 is 1.67 bits per heavy atom. The molecule has 2 heterocycles. The Labute approximate surface area is 74.5 Å². The Bertz CT molecular complexity index is 155. The number of hydrogen-bond donors (Lipinski definition) is 1. The van der Waals surface area contributed by atoms with Crippen molar-refractivity contribution in [2.45, 2.75) is 44.8 Å². The molecule has 12 heavy (non-hydrogen) atoms. The molecule has 0 aromatic carbocycles. The van der Waals surface area contributed by atoms with E-state index in [0.29, 0.717) is 18.1 Å². The molecule has 0 saturated carbocycles. The van der Waals surface area contributed by atoms with E-state index in [-0.39, 0.29) is 0 Å². The van der Waals surface area contributed by atoms with Gasteiger partial charge in [-0.25, -0.2) is 5.01 Å². The lowest BCUT2D eigenvalue weighted by Gasteiger charge is -2.40. The van der Waals surface area contributed by atoms with Gasteiger partial charge in [-0.2, -0.15) is 0 Å². The molecule has 2 aliphatic heterocycles. The summed E-state index contributed by atoms with van der Waals surface area (Å²) < 4.78 is 0. The van der Waals surface area contributed by atoms with Crippen LogP contribution in [0.3, 0.4) is 0 Å². The third-order valence-electron chi connectivity index (χ3n) is 3.30. The minimum Gasteiger partial charge on any atom is -0.298 e. The number of nitrogens with zero attached hydrogens (tertiary/aromatic N) is 2. The third-order valence-corrected chi connectivity index (χ3v) is 3.30. The predicted octanol–water partition coefficient (Wildman–Crippen LogP) is 0.417. The van der Waals surface area contributed by atoms with Gasteiger partial charge in [-0.1, -0.05) is 0 Å². The zero-order valence-corrected chi connectivity index (χ0v) is 8.03. The van der Waals surface area contributed by atoms with E-state index in [0.717, 1.165) is 0 Å². The zero-order valence-electron chi connectivity index (χ0n) is 8.03. The summed E-state index contributed by atoms with van der Waals surface area (Å²) in [5.74, 6) is 5.95. The van der Waals surface area contributed by atoms with Crippen LogP contribution in [0, 0.1) is 0 Å². The molecule has 2 N–H and O–H groups in total. The highest BCUT2D eigenvalue weighted by Crippen LogP contribution is 2.27. The van der Waals surface area contributed by atoms with Crippen molar-refractivity contribution in [3.63, 3.8) is 0 Å². The first kappa shape index (κ1) is 8.48. The molecule has 2 atom stereocenters. The molecule has 0 radical (unpaired) electrons. The first-order valence-corrected chi connectivity index (χ1v) is 4.95. The van der Waals surface area contributed by atoms with E-state index in [2.05, 4.69) is 23.8 Å². The second kappa shape index (κ2) is 2.98. The standard InChI is InChI=1S/C9H19N3/c1-7(2)11-5-8-3-4-9(6-11)12(8)10/h7-9H,3-6,10H2,1-2H3. The molecule has 2 saturated heterocycles. The Morgan fingerprint density at radius 3 is 2.08 bits per heavy atom. The topological polar surface area (TPSA) is 32.5 Å². The minimum absolute atomic E-state index is 0.631. The van der Waals surface area contributed by atoms with E-state index in [9.17, 15) is 0 Å². The molecule has 70 valence electrons. The average molecular weight is 169 g/mol. The van der Waals surface area contributed by atoms with Crippen LogP contribution < -0.4 is 5.84 Å². The fraction of sp³-hybridized carbons (Fsp3) is 1.00. The first-order chi connectivity index (χ1) is 5.68. The van der Waals surface area contributed by atoms with Crippen LogP contribution in [0.15, 0.2) is 0 Å². The second-order valence-electron chi connectivity index (χ2n) is 4.38. The Morgan fingerprint density at radius 1 is 1.17 bits per heavy atom. The maximum absolute atomic E-state index is 5.95. The van der Waals surface area contributed by atoms with Crippen LogP contribution in [-0.4, -0.2) is 41.1 Å². The number of likely N-dealkylation sites (tertiary alicyclic amines) is 1. The van der Waals surface area contributed by atoms with Gasteiger partial charge in [-0.15, -0.1) is 0 Å². The van der Waals surface area contributed by atoms with Crippen LogP contribution in [0.5, 0.6) is 0 Å². The summed E-state index contributed by atoms with van der Waals surface area (Å²) >= 11 is 0. The molecule has 2 bridgehead atoms. The molecule has 2 rings (SSSR count). The molecule has 2 fully saturated rings.